The fourth-order valence-corrected chi connectivity index (χ4v) is 2.06. The molecule has 18 heavy (non-hydrogen) atoms. The van der Waals surface area contributed by atoms with Gasteiger partial charge in [-0.3, -0.25) is 0 Å². The highest BCUT2D eigenvalue weighted by molar-refractivity contribution is 9.10. The van der Waals surface area contributed by atoms with Crippen LogP contribution in [0.4, 0.5) is 0 Å². The fourth-order valence-electron chi connectivity index (χ4n) is 1.80. The molecular weight excluding hydrogens is 290 g/mol. The first kappa shape index (κ1) is 13.2. The van der Waals surface area contributed by atoms with Gasteiger partial charge in [0.15, 0.2) is 5.82 Å². The molecule has 0 aliphatic rings. The Labute approximate surface area is 116 Å². The molecule has 0 bridgehead atoms. The maximum Gasteiger partial charge on any atom is 0.159 e. The van der Waals surface area contributed by atoms with Crippen LogP contribution in [0.3, 0.4) is 0 Å². The van der Waals surface area contributed by atoms with E-state index in [2.05, 4.69) is 38.1 Å². The predicted molar refractivity (Wildman–Crippen MR) is 77.4 cm³/mol. The Kier molecular flexibility index (Phi) is 4.09. The highest BCUT2D eigenvalue weighted by Crippen LogP contribution is 2.21. The van der Waals surface area contributed by atoms with Gasteiger partial charge in [-0.05, 0) is 33.0 Å². The lowest BCUT2D eigenvalue weighted by Crippen LogP contribution is -2.14. The summed E-state index contributed by atoms with van der Waals surface area (Å²) in [7, 11) is 1.94. The van der Waals surface area contributed by atoms with E-state index in [0.717, 1.165) is 27.1 Å². The van der Waals surface area contributed by atoms with E-state index >= 15 is 0 Å². The Balaban J connectivity index is 2.37. The standard InChI is InChI=1S/C14H16BrN3/c1-9(16-3)13-8-17-14(18-10(13)2)11-4-6-12(15)7-5-11/h4-9,16H,1-3H3. The summed E-state index contributed by atoms with van der Waals surface area (Å²) in [5.74, 6) is 0.770. The van der Waals surface area contributed by atoms with Gasteiger partial charge in [0.2, 0.25) is 0 Å². The van der Waals surface area contributed by atoms with Crippen LogP contribution in [0, 0.1) is 6.92 Å². The normalized spacial score (nSPS) is 12.4. The molecule has 0 aliphatic carbocycles. The van der Waals surface area contributed by atoms with Crippen molar-refractivity contribution < 1.29 is 0 Å². The second kappa shape index (κ2) is 5.59. The van der Waals surface area contributed by atoms with Gasteiger partial charge in [-0.25, -0.2) is 9.97 Å². The number of nitrogens with zero attached hydrogens (tertiary/aromatic N) is 2. The number of rotatable bonds is 3. The first-order chi connectivity index (χ1) is 8.61. The summed E-state index contributed by atoms with van der Waals surface area (Å²) >= 11 is 3.42. The average Bonchev–Trinajstić information content (AvgIpc) is 2.38. The lowest BCUT2D eigenvalue weighted by molar-refractivity contribution is 0.641. The molecule has 1 unspecified atom stereocenters. The van der Waals surface area contributed by atoms with Crippen LogP contribution in [0.2, 0.25) is 0 Å². The van der Waals surface area contributed by atoms with Gasteiger partial charge in [0.25, 0.3) is 0 Å². The van der Waals surface area contributed by atoms with Crippen molar-refractivity contribution in [3.63, 3.8) is 0 Å². The summed E-state index contributed by atoms with van der Waals surface area (Å²) in [5.41, 5.74) is 3.19. The van der Waals surface area contributed by atoms with Gasteiger partial charge in [-0.15, -0.1) is 0 Å². The molecular formula is C14H16BrN3. The fraction of sp³-hybridized carbons (Fsp3) is 0.286. The average molecular weight is 306 g/mol. The van der Waals surface area contributed by atoms with Gasteiger partial charge >= 0.3 is 0 Å². The second-order valence-electron chi connectivity index (χ2n) is 4.25. The van der Waals surface area contributed by atoms with E-state index < -0.39 is 0 Å². The summed E-state index contributed by atoms with van der Waals surface area (Å²) in [6, 6.07) is 8.29. The molecule has 0 aliphatic heterocycles. The molecule has 1 heterocycles. The third-order valence-corrected chi connectivity index (χ3v) is 3.55. The van der Waals surface area contributed by atoms with E-state index in [-0.39, 0.29) is 6.04 Å². The van der Waals surface area contributed by atoms with Crippen LogP contribution < -0.4 is 5.32 Å². The number of hydrogen-bond donors (Lipinski definition) is 1. The highest BCUT2D eigenvalue weighted by Gasteiger charge is 2.09. The topological polar surface area (TPSA) is 37.8 Å². The number of aryl methyl sites for hydroxylation is 1. The van der Waals surface area contributed by atoms with Crippen molar-refractivity contribution in [3.8, 4) is 11.4 Å². The molecule has 0 saturated carbocycles. The molecule has 2 rings (SSSR count). The molecule has 1 aromatic heterocycles. The minimum Gasteiger partial charge on any atom is -0.313 e. The summed E-state index contributed by atoms with van der Waals surface area (Å²) < 4.78 is 1.06. The molecule has 2 aromatic rings. The molecule has 0 radical (unpaired) electrons. The number of benzene rings is 1. The zero-order valence-corrected chi connectivity index (χ0v) is 12.3. The Hall–Kier alpha value is -1.26. The zero-order valence-electron chi connectivity index (χ0n) is 10.7. The Bertz CT molecular complexity index is 537. The number of aromatic nitrogens is 2. The largest absolute Gasteiger partial charge is 0.313 e. The van der Waals surface area contributed by atoms with Crippen LogP contribution in [-0.4, -0.2) is 17.0 Å². The third-order valence-electron chi connectivity index (χ3n) is 3.02. The monoisotopic (exact) mass is 305 g/mol. The van der Waals surface area contributed by atoms with E-state index in [4.69, 9.17) is 0 Å². The van der Waals surface area contributed by atoms with Gasteiger partial charge < -0.3 is 5.32 Å². The van der Waals surface area contributed by atoms with Crippen molar-refractivity contribution in [1.82, 2.24) is 15.3 Å². The van der Waals surface area contributed by atoms with Gasteiger partial charge in [0.1, 0.15) is 0 Å². The molecule has 94 valence electrons. The van der Waals surface area contributed by atoms with Gasteiger partial charge in [0.05, 0.1) is 0 Å². The van der Waals surface area contributed by atoms with Crippen LogP contribution in [0.5, 0.6) is 0 Å². The summed E-state index contributed by atoms with van der Waals surface area (Å²) in [6.07, 6.45) is 1.90. The molecule has 1 N–H and O–H groups in total. The minimum absolute atomic E-state index is 0.268. The SMILES string of the molecule is CNC(C)c1cnc(-c2ccc(Br)cc2)nc1C. The zero-order chi connectivity index (χ0) is 13.1. The number of hydrogen-bond acceptors (Lipinski definition) is 3. The summed E-state index contributed by atoms with van der Waals surface area (Å²) in [4.78, 5) is 9.02. The van der Waals surface area contributed by atoms with Crippen molar-refractivity contribution in [2.45, 2.75) is 19.9 Å². The Morgan fingerprint density at radius 3 is 2.44 bits per heavy atom. The smallest absolute Gasteiger partial charge is 0.159 e. The Morgan fingerprint density at radius 2 is 1.89 bits per heavy atom. The first-order valence-corrected chi connectivity index (χ1v) is 6.68. The molecule has 1 aromatic carbocycles. The molecule has 0 fully saturated rings. The number of nitrogens with one attached hydrogen (secondary N) is 1. The van der Waals surface area contributed by atoms with Crippen molar-refractivity contribution in [3.05, 3.63) is 46.2 Å². The second-order valence-corrected chi connectivity index (χ2v) is 5.17. The predicted octanol–water partition coefficient (Wildman–Crippen LogP) is 3.49. The van der Waals surface area contributed by atoms with Crippen LogP contribution in [-0.2, 0) is 0 Å². The van der Waals surface area contributed by atoms with Gasteiger partial charge in [0, 0.05) is 33.5 Å². The Morgan fingerprint density at radius 1 is 1.22 bits per heavy atom. The van der Waals surface area contributed by atoms with E-state index in [9.17, 15) is 0 Å². The van der Waals surface area contributed by atoms with E-state index in [0.29, 0.717) is 0 Å². The molecule has 0 spiro atoms. The molecule has 3 nitrogen and oxygen atoms in total. The van der Waals surface area contributed by atoms with Crippen LogP contribution in [0.15, 0.2) is 34.9 Å². The summed E-state index contributed by atoms with van der Waals surface area (Å²) in [6.45, 7) is 4.12. The highest BCUT2D eigenvalue weighted by atomic mass is 79.9. The van der Waals surface area contributed by atoms with Crippen LogP contribution >= 0.6 is 15.9 Å². The van der Waals surface area contributed by atoms with Crippen LogP contribution in [0.25, 0.3) is 11.4 Å². The summed E-state index contributed by atoms with van der Waals surface area (Å²) in [5, 5.41) is 3.20. The first-order valence-electron chi connectivity index (χ1n) is 5.88. The van der Waals surface area contributed by atoms with Crippen molar-refractivity contribution in [1.29, 1.82) is 0 Å². The van der Waals surface area contributed by atoms with Crippen molar-refractivity contribution >= 4 is 15.9 Å². The van der Waals surface area contributed by atoms with E-state index in [1.54, 1.807) is 0 Å². The third kappa shape index (κ3) is 2.76. The maximum atomic E-state index is 4.58. The van der Waals surface area contributed by atoms with Gasteiger partial charge in [-0.2, -0.15) is 0 Å². The van der Waals surface area contributed by atoms with Gasteiger partial charge in [-0.1, -0.05) is 28.1 Å². The molecule has 0 saturated heterocycles. The lowest BCUT2D eigenvalue weighted by atomic mass is 10.1. The minimum atomic E-state index is 0.268. The molecule has 0 amide bonds. The molecule has 1 atom stereocenters. The van der Waals surface area contributed by atoms with E-state index in [1.165, 1.54) is 0 Å². The lowest BCUT2D eigenvalue weighted by Gasteiger charge is -2.13. The quantitative estimate of drug-likeness (QED) is 0.943. The number of halogens is 1. The van der Waals surface area contributed by atoms with E-state index in [1.807, 2.05) is 44.4 Å². The maximum absolute atomic E-state index is 4.58. The molecule has 4 heteroatoms. The van der Waals surface area contributed by atoms with Crippen LogP contribution in [0.1, 0.15) is 24.2 Å². The van der Waals surface area contributed by atoms with Crippen molar-refractivity contribution in [2.24, 2.45) is 0 Å². The van der Waals surface area contributed by atoms with Crippen molar-refractivity contribution in [2.75, 3.05) is 7.05 Å².